The van der Waals surface area contributed by atoms with Gasteiger partial charge >= 0.3 is 11.9 Å². The highest BCUT2D eigenvalue weighted by atomic mass is 16.6. The summed E-state index contributed by atoms with van der Waals surface area (Å²) in [4.78, 5) is 22.4. The van der Waals surface area contributed by atoms with Gasteiger partial charge < -0.3 is 9.47 Å². The van der Waals surface area contributed by atoms with Crippen LogP contribution in [0.2, 0.25) is 0 Å². The van der Waals surface area contributed by atoms with E-state index in [4.69, 9.17) is 9.47 Å². The van der Waals surface area contributed by atoms with Crippen LogP contribution in [0.4, 0.5) is 0 Å². The fraction of sp³-hybridized carbons (Fsp3) is 0.474. The van der Waals surface area contributed by atoms with Gasteiger partial charge in [0.25, 0.3) is 0 Å². The average Bonchev–Trinajstić information content (AvgIpc) is 2.41. The van der Waals surface area contributed by atoms with E-state index in [0.29, 0.717) is 0 Å². The SMILES string of the molecule is C=C/C(C)=C/C=C/[C@@H](C)[C@H](/C=C/C(C)(C)OC(C)=O)OC(C)=O. The number of ether oxygens (including phenoxy) is 2. The number of esters is 2. The van der Waals surface area contributed by atoms with Gasteiger partial charge in [0.15, 0.2) is 0 Å². The van der Waals surface area contributed by atoms with Crippen molar-refractivity contribution in [3.8, 4) is 0 Å². The van der Waals surface area contributed by atoms with Crippen LogP contribution in [0.15, 0.2) is 48.6 Å². The topological polar surface area (TPSA) is 52.6 Å². The van der Waals surface area contributed by atoms with Gasteiger partial charge in [-0.05, 0) is 32.9 Å². The number of hydrogen-bond donors (Lipinski definition) is 0. The maximum absolute atomic E-state index is 11.3. The summed E-state index contributed by atoms with van der Waals surface area (Å²) in [6.07, 6.45) is 10.6. The molecule has 0 amide bonds. The van der Waals surface area contributed by atoms with Gasteiger partial charge in [-0.3, -0.25) is 9.59 Å². The summed E-state index contributed by atoms with van der Waals surface area (Å²) in [7, 11) is 0. The van der Waals surface area contributed by atoms with Crippen LogP contribution < -0.4 is 0 Å². The van der Waals surface area contributed by atoms with Gasteiger partial charge in [0, 0.05) is 19.8 Å². The van der Waals surface area contributed by atoms with Crippen molar-refractivity contribution in [3.63, 3.8) is 0 Å². The quantitative estimate of drug-likeness (QED) is 0.383. The Balaban J connectivity index is 5.10. The third kappa shape index (κ3) is 10.3. The first-order chi connectivity index (χ1) is 10.6. The van der Waals surface area contributed by atoms with Crippen LogP contribution in [0, 0.1) is 5.92 Å². The van der Waals surface area contributed by atoms with Crippen LogP contribution in [-0.4, -0.2) is 23.6 Å². The molecular formula is C19H28O4. The lowest BCUT2D eigenvalue weighted by Gasteiger charge is -2.23. The standard InChI is InChI=1S/C19H28O4/c1-8-14(2)10-9-11-15(3)18(22-16(4)20)12-13-19(6,7)23-17(5)21/h8-13,15,18H,1H2,2-7H3/b11-9+,13-12+,14-10+/t15-,18+/m1/s1. The first-order valence-corrected chi connectivity index (χ1v) is 7.61. The van der Waals surface area contributed by atoms with E-state index in [9.17, 15) is 9.59 Å². The van der Waals surface area contributed by atoms with Crippen molar-refractivity contribution in [1.82, 2.24) is 0 Å². The normalized spacial score (nSPS) is 15.5. The summed E-state index contributed by atoms with van der Waals surface area (Å²) in [6.45, 7) is 13.9. The lowest BCUT2D eigenvalue weighted by atomic mass is 10.0. The van der Waals surface area contributed by atoms with Gasteiger partial charge in [0.05, 0.1) is 0 Å². The second-order valence-electron chi connectivity index (χ2n) is 5.99. The van der Waals surface area contributed by atoms with Crippen LogP contribution in [-0.2, 0) is 19.1 Å². The molecule has 0 aromatic carbocycles. The molecule has 0 rings (SSSR count). The van der Waals surface area contributed by atoms with E-state index >= 15 is 0 Å². The molecule has 0 aromatic heterocycles. The summed E-state index contributed by atoms with van der Waals surface area (Å²) in [5.41, 5.74) is 0.288. The Morgan fingerprint density at radius 1 is 1.09 bits per heavy atom. The summed E-state index contributed by atoms with van der Waals surface area (Å²) in [5, 5.41) is 0. The number of hydrogen-bond acceptors (Lipinski definition) is 4. The second kappa shape index (κ2) is 9.82. The third-order valence-electron chi connectivity index (χ3n) is 3.01. The highest BCUT2D eigenvalue weighted by Gasteiger charge is 2.20. The Labute approximate surface area is 139 Å². The molecule has 0 saturated heterocycles. The fourth-order valence-corrected chi connectivity index (χ4v) is 1.80. The maximum atomic E-state index is 11.3. The Hall–Kier alpha value is -2.10. The minimum absolute atomic E-state index is 0.0304. The molecule has 4 heteroatoms. The molecule has 0 aliphatic rings. The predicted octanol–water partition coefficient (Wildman–Crippen LogP) is 4.14. The molecule has 0 fully saturated rings. The van der Waals surface area contributed by atoms with Gasteiger partial charge in [-0.1, -0.05) is 43.4 Å². The smallest absolute Gasteiger partial charge is 0.303 e. The average molecular weight is 320 g/mol. The third-order valence-corrected chi connectivity index (χ3v) is 3.01. The highest BCUT2D eigenvalue weighted by Crippen LogP contribution is 2.17. The zero-order valence-corrected chi connectivity index (χ0v) is 15.0. The molecule has 0 aromatic rings. The van der Waals surface area contributed by atoms with Gasteiger partial charge in [-0.2, -0.15) is 0 Å². The molecule has 0 heterocycles. The van der Waals surface area contributed by atoms with Crippen LogP contribution in [0.3, 0.4) is 0 Å². The lowest BCUT2D eigenvalue weighted by Crippen LogP contribution is -2.26. The molecule has 0 saturated carbocycles. The van der Waals surface area contributed by atoms with Gasteiger partial charge in [-0.15, -0.1) is 0 Å². The molecule has 4 nitrogen and oxygen atoms in total. The summed E-state index contributed by atoms with van der Waals surface area (Å²) in [5.74, 6) is -0.748. The number of rotatable bonds is 8. The molecule has 0 bridgehead atoms. The lowest BCUT2D eigenvalue weighted by molar-refractivity contribution is -0.150. The van der Waals surface area contributed by atoms with E-state index in [1.165, 1.54) is 13.8 Å². The van der Waals surface area contributed by atoms with E-state index < -0.39 is 11.7 Å². The van der Waals surface area contributed by atoms with E-state index in [2.05, 4.69) is 6.58 Å². The molecule has 2 atom stereocenters. The van der Waals surface area contributed by atoms with Crippen molar-refractivity contribution in [2.45, 2.75) is 53.2 Å². The minimum Gasteiger partial charge on any atom is -0.458 e. The van der Waals surface area contributed by atoms with E-state index in [1.807, 2.05) is 32.1 Å². The zero-order chi connectivity index (χ0) is 18.0. The minimum atomic E-state index is -0.757. The predicted molar refractivity (Wildman–Crippen MR) is 92.8 cm³/mol. The first-order valence-electron chi connectivity index (χ1n) is 7.61. The monoisotopic (exact) mass is 320 g/mol. The zero-order valence-electron chi connectivity index (χ0n) is 15.0. The molecule has 128 valence electrons. The second-order valence-corrected chi connectivity index (χ2v) is 5.99. The van der Waals surface area contributed by atoms with E-state index in [0.717, 1.165) is 5.57 Å². The molecular weight excluding hydrogens is 292 g/mol. The van der Waals surface area contributed by atoms with Crippen molar-refractivity contribution < 1.29 is 19.1 Å². The fourth-order valence-electron chi connectivity index (χ4n) is 1.80. The van der Waals surface area contributed by atoms with Crippen molar-refractivity contribution in [1.29, 1.82) is 0 Å². The molecule has 0 aliphatic heterocycles. The molecule has 0 N–H and O–H groups in total. The van der Waals surface area contributed by atoms with E-state index in [-0.39, 0.29) is 17.9 Å². The maximum Gasteiger partial charge on any atom is 0.303 e. The van der Waals surface area contributed by atoms with Gasteiger partial charge in [0.2, 0.25) is 0 Å². The van der Waals surface area contributed by atoms with Crippen LogP contribution in [0.25, 0.3) is 0 Å². The molecule has 0 aliphatic carbocycles. The Morgan fingerprint density at radius 3 is 2.17 bits per heavy atom. The highest BCUT2D eigenvalue weighted by molar-refractivity contribution is 5.67. The summed E-state index contributed by atoms with van der Waals surface area (Å²) < 4.78 is 10.5. The van der Waals surface area contributed by atoms with Gasteiger partial charge in [-0.25, -0.2) is 0 Å². The van der Waals surface area contributed by atoms with Crippen molar-refractivity contribution in [2.24, 2.45) is 5.92 Å². The number of carbonyl (C=O) groups is 2. The largest absolute Gasteiger partial charge is 0.458 e. The summed E-state index contributed by atoms with van der Waals surface area (Å²) in [6, 6.07) is 0. The van der Waals surface area contributed by atoms with Crippen molar-refractivity contribution >= 4 is 11.9 Å². The van der Waals surface area contributed by atoms with Crippen LogP contribution in [0.5, 0.6) is 0 Å². The van der Waals surface area contributed by atoms with Crippen molar-refractivity contribution in [2.75, 3.05) is 0 Å². The molecule has 0 radical (unpaired) electrons. The Bertz CT molecular complexity index is 509. The molecule has 23 heavy (non-hydrogen) atoms. The van der Waals surface area contributed by atoms with Gasteiger partial charge in [0.1, 0.15) is 11.7 Å². The van der Waals surface area contributed by atoms with Crippen molar-refractivity contribution in [3.05, 3.63) is 48.6 Å². The number of carbonyl (C=O) groups excluding carboxylic acids is 2. The molecule has 0 spiro atoms. The van der Waals surface area contributed by atoms with Crippen LogP contribution >= 0.6 is 0 Å². The van der Waals surface area contributed by atoms with E-state index in [1.54, 1.807) is 32.1 Å². The Morgan fingerprint density at radius 2 is 1.70 bits per heavy atom. The summed E-state index contributed by atoms with van der Waals surface area (Å²) >= 11 is 0. The van der Waals surface area contributed by atoms with Crippen LogP contribution in [0.1, 0.15) is 41.5 Å². The Kier molecular flexibility index (Phi) is 8.93. The molecule has 0 unspecified atom stereocenters. The first kappa shape index (κ1) is 20.9. The number of allylic oxidation sites excluding steroid dienone is 4.